The van der Waals surface area contributed by atoms with Crippen molar-refractivity contribution in [2.75, 3.05) is 0 Å². The SMILES string of the molecule is Cc1nn(C)c(CC(N)c2ccc(C(C)(C)C)cc2)c1Br. The van der Waals surface area contributed by atoms with Crippen LogP contribution in [0.3, 0.4) is 0 Å². The van der Waals surface area contributed by atoms with Crippen molar-refractivity contribution in [3.8, 4) is 0 Å². The first-order valence-corrected chi connectivity index (χ1v) is 8.03. The highest BCUT2D eigenvalue weighted by Gasteiger charge is 2.17. The topological polar surface area (TPSA) is 43.8 Å². The van der Waals surface area contributed by atoms with E-state index in [9.17, 15) is 0 Å². The minimum Gasteiger partial charge on any atom is -0.324 e. The molecule has 4 heteroatoms. The van der Waals surface area contributed by atoms with Crippen molar-refractivity contribution in [3.63, 3.8) is 0 Å². The highest BCUT2D eigenvalue weighted by molar-refractivity contribution is 9.10. The Labute approximate surface area is 135 Å². The first-order valence-electron chi connectivity index (χ1n) is 7.24. The maximum atomic E-state index is 6.37. The van der Waals surface area contributed by atoms with E-state index in [1.165, 1.54) is 5.56 Å². The predicted molar refractivity (Wildman–Crippen MR) is 91.4 cm³/mol. The lowest BCUT2D eigenvalue weighted by Crippen LogP contribution is -2.16. The van der Waals surface area contributed by atoms with Crippen LogP contribution in [0.15, 0.2) is 28.7 Å². The first kappa shape index (κ1) is 16.2. The van der Waals surface area contributed by atoms with Crippen LogP contribution in [-0.2, 0) is 18.9 Å². The normalized spacial score (nSPS) is 13.5. The van der Waals surface area contributed by atoms with Gasteiger partial charge in [0, 0.05) is 19.5 Å². The molecule has 0 aliphatic carbocycles. The Hall–Kier alpha value is -1.13. The Bertz CT molecular complexity index is 621. The van der Waals surface area contributed by atoms with Crippen LogP contribution >= 0.6 is 15.9 Å². The second-order valence-corrected chi connectivity index (χ2v) is 7.45. The molecule has 0 bridgehead atoms. The van der Waals surface area contributed by atoms with E-state index < -0.39 is 0 Å². The van der Waals surface area contributed by atoms with Crippen molar-refractivity contribution in [2.24, 2.45) is 12.8 Å². The van der Waals surface area contributed by atoms with Crippen molar-refractivity contribution in [1.29, 1.82) is 0 Å². The first-order chi connectivity index (χ1) is 9.70. The number of aryl methyl sites for hydroxylation is 2. The molecule has 0 aliphatic rings. The van der Waals surface area contributed by atoms with Crippen LogP contribution in [0.1, 0.15) is 49.3 Å². The quantitative estimate of drug-likeness (QED) is 0.908. The summed E-state index contributed by atoms with van der Waals surface area (Å²) in [6.07, 6.45) is 0.771. The van der Waals surface area contributed by atoms with Crippen molar-refractivity contribution in [1.82, 2.24) is 9.78 Å². The summed E-state index contributed by atoms with van der Waals surface area (Å²) in [6.45, 7) is 8.66. The fourth-order valence-corrected chi connectivity index (χ4v) is 2.96. The Kier molecular flexibility index (Phi) is 4.59. The molecule has 0 aliphatic heterocycles. The van der Waals surface area contributed by atoms with Gasteiger partial charge in [0.25, 0.3) is 0 Å². The highest BCUT2D eigenvalue weighted by atomic mass is 79.9. The Morgan fingerprint density at radius 3 is 2.24 bits per heavy atom. The van der Waals surface area contributed by atoms with Gasteiger partial charge in [0.2, 0.25) is 0 Å². The van der Waals surface area contributed by atoms with E-state index in [2.05, 4.69) is 66.1 Å². The van der Waals surface area contributed by atoms with E-state index in [-0.39, 0.29) is 11.5 Å². The fraction of sp³-hybridized carbons (Fsp3) is 0.471. The lowest BCUT2D eigenvalue weighted by atomic mass is 9.86. The van der Waals surface area contributed by atoms with E-state index in [4.69, 9.17) is 5.73 Å². The number of hydrogen-bond acceptors (Lipinski definition) is 2. The zero-order chi connectivity index (χ0) is 15.8. The average Bonchev–Trinajstić information content (AvgIpc) is 2.64. The maximum absolute atomic E-state index is 6.37. The van der Waals surface area contributed by atoms with Gasteiger partial charge in [-0.25, -0.2) is 0 Å². The minimum absolute atomic E-state index is 0.0230. The number of rotatable bonds is 3. The molecule has 2 rings (SSSR count). The Morgan fingerprint density at radius 1 is 1.24 bits per heavy atom. The number of benzene rings is 1. The van der Waals surface area contributed by atoms with Gasteiger partial charge in [-0.05, 0) is 39.4 Å². The number of aromatic nitrogens is 2. The zero-order valence-corrected chi connectivity index (χ0v) is 15.0. The van der Waals surface area contributed by atoms with Crippen molar-refractivity contribution >= 4 is 15.9 Å². The molecule has 0 fully saturated rings. The van der Waals surface area contributed by atoms with Crippen LogP contribution in [0.5, 0.6) is 0 Å². The molecule has 1 aromatic carbocycles. The second kappa shape index (κ2) is 5.93. The van der Waals surface area contributed by atoms with Crippen LogP contribution < -0.4 is 5.73 Å². The second-order valence-electron chi connectivity index (χ2n) is 6.65. The van der Waals surface area contributed by atoms with Gasteiger partial charge in [0.15, 0.2) is 0 Å². The average molecular weight is 350 g/mol. The van der Waals surface area contributed by atoms with E-state index in [1.54, 1.807) is 0 Å². The predicted octanol–water partition coefficient (Wildman–Crippen LogP) is 4.03. The molecule has 3 nitrogen and oxygen atoms in total. The minimum atomic E-state index is -0.0230. The summed E-state index contributed by atoms with van der Waals surface area (Å²) >= 11 is 3.60. The van der Waals surface area contributed by atoms with Gasteiger partial charge in [-0.2, -0.15) is 5.10 Å². The summed E-state index contributed by atoms with van der Waals surface area (Å²) in [4.78, 5) is 0. The number of halogens is 1. The third kappa shape index (κ3) is 3.55. The molecule has 1 atom stereocenters. The molecule has 0 saturated heterocycles. The molecule has 2 aromatic rings. The maximum Gasteiger partial charge on any atom is 0.0738 e. The lowest BCUT2D eigenvalue weighted by molar-refractivity contribution is 0.588. The Morgan fingerprint density at radius 2 is 1.81 bits per heavy atom. The molecule has 114 valence electrons. The molecular formula is C17H24BrN3. The third-order valence-corrected chi connectivity index (χ3v) is 4.91. The van der Waals surface area contributed by atoms with Crippen LogP contribution in [0, 0.1) is 6.92 Å². The molecule has 21 heavy (non-hydrogen) atoms. The largest absolute Gasteiger partial charge is 0.324 e. The van der Waals surface area contributed by atoms with Gasteiger partial charge in [0.1, 0.15) is 0 Å². The summed E-state index contributed by atoms with van der Waals surface area (Å²) in [5.41, 5.74) is 11.2. The smallest absolute Gasteiger partial charge is 0.0738 e. The summed E-state index contributed by atoms with van der Waals surface area (Å²) < 4.78 is 2.97. The summed E-state index contributed by atoms with van der Waals surface area (Å²) in [6, 6.07) is 8.62. The van der Waals surface area contributed by atoms with Crippen LogP contribution in [0.2, 0.25) is 0 Å². The zero-order valence-electron chi connectivity index (χ0n) is 13.4. The van der Waals surface area contributed by atoms with Crippen molar-refractivity contribution < 1.29 is 0 Å². The monoisotopic (exact) mass is 349 g/mol. The molecule has 0 spiro atoms. The summed E-state index contributed by atoms with van der Waals surface area (Å²) in [5.74, 6) is 0. The molecule has 1 aromatic heterocycles. The molecule has 1 unspecified atom stereocenters. The van der Waals surface area contributed by atoms with Gasteiger partial charge in [-0.3, -0.25) is 4.68 Å². The number of nitrogens with zero attached hydrogens (tertiary/aromatic N) is 2. The van der Waals surface area contributed by atoms with E-state index >= 15 is 0 Å². The van der Waals surface area contributed by atoms with Crippen molar-refractivity contribution in [2.45, 2.75) is 45.6 Å². The van der Waals surface area contributed by atoms with Crippen molar-refractivity contribution in [3.05, 3.63) is 51.3 Å². The molecule has 2 N–H and O–H groups in total. The fourth-order valence-electron chi connectivity index (χ4n) is 2.46. The van der Waals surface area contributed by atoms with Gasteiger partial charge in [0.05, 0.1) is 15.9 Å². The summed E-state index contributed by atoms with van der Waals surface area (Å²) in [7, 11) is 1.96. The van der Waals surface area contributed by atoms with Crippen LogP contribution in [-0.4, -0.2) is 9.78 Å². The summed E-state index contributed by atoms with van der Waals surface area (Å²) in [5, 5.41) is 4.42. The molecule has 1 heterocycles. The van der Waals surface area contributed by atoms with Gasteiger partial charge >= 0.3 is 0 Å². The Balaban J connectivity index is 2.19. The molecule has 0 amide bonds. The van der Waals surface area contributed by atoms with Crippen LogP contribution in [0.4, 0.5) is 0 Å². The molecular weight excluding hydrogens is 326 g/mol. The highest BCUT2D eigenvalue weighted by Crippen LogP contribution is 2.27. The number of nitrogens with two attached hydrogens (primary N) is 1. The van der Waals surface area contributed by atoms with E-state index in [0.29, 0.717) is 0 Å². The van der Waals surface area contributed by atoms with E-state index in [0.717, 1.165) is 27.8 Å². The lowest BCUT2D eigenvalue weighted by Gasteiger charge is -2.20. The third-order valence-electron chi connectivity index (χ3n) is 3.88. The molecule has 0 radical (unpaired) electrons. The standard InChI is InChI=1S/C17H24BrN3/c1-11-16(18)15(21(5)20-11)10-14(19)12-6-8-13(9-7-12)17(2,3)4/h6-9,14H,10,19H2,1-5H3. The molecule has 0 saturated carbocycles. The van der Waals surface area contributed by atoms with E-state index in [1.807, 2.05) is 18.7 Å². The number of hydrogen-bond donors (Lipinski definition) is 1. The van der Waals surface area contributed by atoms with Gasteiger partial charge in [-0.15, -0.1) is 0 Å². The van der Waals surface area contributed by atoms with Gasteiger partial charge in [-0.1, -0.05) is 45.0 Å². The van der Waals surface area contributed by atoms with Crippen LogP contribution in [0.25, 0.3) is 0 Å². The van der Waals surface area contributed by atoms with Gasteiger partial charge < -0.3 is 5.73 Å².